The average Bonchev–Trinajstić information content (AvgIpc) is 2.97. The summed E-state index contributed by atoms with van der Waals surface area (Å²) in [4.78, 5) is 0. The monoisotopic (exact) mass is 648 g/mol. The topological polar surface area (TPSA) is 0 Å². The summed E-state index contributed by atoms with van der Waals surface area (Å²) in [5.74, 6) is -0.231. The SMILES string of the molecule is Cc1cc(Cl)c(C)c(Cl)c1.Cc1ccc(C)c(C)c1.Cc1ccc(C)c(F)c1.Cc1ccc(C)c(F)c1.Cc1ccc(C)cc1. The lowest BCUT2D eigenvalue weighted by atomic mass is 10.1. The molecule has 5 rings (SSSR count). The predicted molar refractivity (Wildman–Crippen MR) is 194 cm³/mol. The van der Waals surface area contributed by atoms with Crippen LogP contribution in [0.25, 0.3) is 0 Å². The smallest absolute Gasteiger partial charge is 0.126 e. The lowest BCUT2D eigenvalue weighted by Gasteiger charge is -2.01. The summed E-state index contributed by atoms with van der Waals surface area (Å²) >= 11 is 11.7. The number of aryl methyl sites for hydroxylation is 10. The quantitative estimate of drug-likeness (QED) is 0.157. The molecule has 0 saturated heterocycles. The highest BCUT2D eigenvalue weighted by Gasteiger charge is 2.00. The van der Waals surface area contributed by atoms with Crippen molar-refractivity contribution in [1.29, 1.82) is 0 Å². The first-order valence-corrected chi connectivity index (χ1v) is 15.7. The molecule has 0 unspecified atom stereocenters. The Morgan fingerprint density at radius 2 is 0.644 bits per heavy atom. The van der Waals surface area contributed by atoms with Gasteiger partial charge in [0.25, 0.3) is 0 Å². The molecule has 0 amide bonds. The fourth-order valence-corrected chi connectivity index (χ4v) is 4.29. The second-order valence-corrected chi connectivity index (χ2v) is 12.4. The van der Waals surface area contributed by atoms with Gasteiger partial charge in [0.05, 0.1) is 0 Å². The summed E-state index contributed by atoms with van der Waals surface area (Å²) in [6, 6.07) is 29.2. The van der Waals surface area contributed by atoms with Gasteiger partial charge in [0, 0.05) is 10.0 Å². The minimum atomic E-state index is -0.116. The van der Waals surface area contributed by atoms with E-state index < -0.39 is 0 Å². The third kappa shape index (κ3) is 15.9. The van der Waals surface area contributed by atoms with Gasteiger partial charge in [-0.15, -0.1) is 0 Å². The van der Waals surface area contributed by atoms with E-state index in [9.17, 15) is 8.78 Å². The van der Waals surface area contributed by atoms with Crippen molar-refractivity contribution < 1.29 is 8.78 Å². The Morgan fingerprint density at radius 3 is 0.933 bits per heavy atom. The third-order valence-electron chi connectivity index (χ3n) is 6.96. The van der Waals surface area contributed by atoms with Crippen LogP contribution in [0.4, 0.5) is 8.78 Å². The average molecular weight is 650 g/mol. The van der Waals surface area contributed by atoms with Gasteiger partial charge in [0.15, 0.2) is 0 Å². The first-order valence-electron chi connectivity index (χ1n) is 14.9. The fourth-order valence-electron chi connectivity index (χ4n) is 3.70. The molecule has 240 valence electrons. The van der Waals surface area contributed by atoms with Gasteiger partial charge >= 0.3 is 0 Å². The van der Waals surface area contributed by atoms with Crippen LogP contribution in [-0.4, -0.2) is 0 Å². The fraction of sp³-hybridized carbons (Fsp3) is 0.268. The molecular weight excluding hydrogens is 601 g/mol. The maximum absolute atomic E-state index is 12.6. The number of benzene rings is 5. The zero-order valence-electron chi connectivity index (χ0n) is 28.7. The number of hydrogen-bond acceptors (Lipinski definition) is 0. The summed E-state index contributed by atoms with van der Waals surface area (Å²) in [5, 5.41) is 1.48. The summed E-state index contributed by atoms with van der Waals surface area (Å²) < 4.78 is 25.2. The van der Waals surface area contributed by atoms with Gasteiger partial charge in [-0.1, -0.05) is 107 Å². The van der Waals surface area contributed by atoms with E-state index in [4.69, 9.17) is 23.2 Å². The van der Waals surface area contributed by atoms with Gasteiger partial charge in [-0.25, -0.2) is 8.78 Å². The van der Waals surface area contributed by atoms with E-state index >= 15 is 0 Å². The lowest BCUT2D eigenvalue weighted by molar-refractivity contribution is 0.617. The molecule has 0 radical (unpaired) electrons. The van der Waals surface area contributed by atoms with Gasteiger partial charge in [0.2, 0.25) is 0 Å². The molecule has 0 saturated carbocycles. The van der Waals surface area contributed by atoms with E-state index in [1.54, 1.807) is 26.0 Å². The second-order valence-electron chi connectivity index (χ2n) is 11.6. The molecule has 4 heteroatoms. The van der Waals surface area contributed by atoms with E-state index in [1.807, 2.05) is 52.0 Å². The molecule has 0 aromatic heterocycles. The Kier molecular flexibility index (Phi) is 17.4. The van der Waals surface area contributed by atoms with Crippen molar-refractivity contribution in [2.24, 2.45) is 0 Å². The Morgan fingerprint density at radius 1 is 0.333 bits per heavy atom. The van der Waals surface area contributed by atoms with Crippen LogP contribution < -0.4 is 0 Å². The van der Waals surface area contributed by atoms with Crippen molar-refractivity contribution in [3.63, 3.8) is 0 Å². The zero-order valence-corrected chi connectivity index (χ0v) is 30.2. The highest BCUT2D eigenvalue weighted by Crippen LogP contribution is 2.24. The van der Waals surface area contributed by atoms with Crippen molar-refractivity contribution >= 4 is 23.2 Å². The van der Waals surface area contributed by atoms with Crippen LogP contribution in [0.3, 0.4) is 0 Å². The van der Waals surface area contributed by atoms with E-state index in [1.165, 1.54) is 39.9 Å². The third-order valence-corrected chi connectivity index (χ3v) is 7.75. The molecular formula is C41H48Cl2F2. The van der Waals surface area contributed by atoms with Crippen LogP contribution in [0.15, 0.2) is 91.0 Å². The largest absolute Gasteiger partial charge is 0.207 e. The molecule has 0 nitrogen and oxygen atoms in total. The molecule has 0 aliphatic heterocycles. The molecule has 5 aromatic carbocycles. The zero-order chi connectivity index (χ0) is 34.3. The summed E-state index contributed by atoms with van der Waals surface area (Å²) in [6.45, 7) is 21.7. The Balaban J connectivity index is 0.000000282. The predicted octanol–water partition coefficient (Wildman–Crippen LogP) is 13.4. The Labute approximate surface area is 281 Å². The highest BCUT2D eigenvalue weighted by molar-refractivity contribution is 6.36. The Hall–Kier alpha value is -3.46. The van der Waals surface area contributed by atoms with Gasteiger partial charge in [-0.3, -0.25) is 0 Å². The first-order chi connectivity index (χ1) is 21.0. The van der Waals surface area contributed by atoms with Crippen molar-refractivity contribution in [2.75, 3.05) is 0 Å². The molecule has 0 heterocycles. The van der Waals surface area contributed by atoms with Gasteiger partial charge < -0.3 is 0 Å². The maximum Gasteiger partial charge on any atom is 0.126 e. The van der Waals surface area contributed by atoms with Crippen LogP contribution in [0.1, 0.15) is 61.2 Å². The summed E-state index contributed by atoms with van der Waals surface area (Å²) in [7, 11) is 0. The highest BCUT2D eigenvalue weighted by atomic mass is 35.5. The van der Waals surface area contributed by atoms with Gasteiger partial charge in [-0.2, -0.15) is 0 Å². The van der Waals surface area contributed by atoms with Crippen LogP contribution in [0, 0.1) is 87.8 Å². The normalized spacial score (nSPS) is 9.67. The van der Waals surface area contributed by atoms with Crippen LogP contribution >= 0.6 is 23.2 Å². The van der Waals surface area contributed by atoms with Gasteiger partial charge in [0.1, 0.15) is 11.6 Å². The van der Waals surface area contributed by atoms with Crippen molar-refractivity contribution in [3.8, 4) is 0 Å². The molecule has 0 bridgehead atoms. The Bertz CT molecular complexity index is 1480. The van der Waals surface area contributed by atoms with Crippen LogP contribution in [0.5, 0.6) is 0 Å². The van der Waals surface area contributed by atoms with E-state index in [2.05, 4.69) is 77.1 Å². The van der Waals surface area contributed by atoms with Crippen molar-refractivity contribution in [2.45, 2.75) is 76.2 Å². The van der Waals surface area contributed by atoms with Gasteiger partial charge in [-0.05, 0) is 145 Å². The lowest BCUT2D eigenvalue weighted by Crippen LogP contribution is -1.81. The van der Waals surface area contributed by atoms with Crippen molar-refractivity contribution in [1.82, 2.24) is 0 Å². The van der Waals surface area contributed by atoms with Crippen LogP contribution in [-0.2, 0) is 0 Å². The molecule has 0 spiro atoms. The molecule has 0 aliphatic carbocycles. The maximum atomic E-state index is 12.6. The molecule has 45 heavy (non-hydrogen) atoms. The van der Waals surface area contributed by atoms with Crippen molar-refractivity contribution in [3.05, 3.63) is 174 Å². The van der Waals surface area contributed by atoms with E-state index in [-0.39, 0.29) is 11.6 Å². The second kappa shape index (κ2) is 19.8. The summed E-state index contributed by atoms with van der Waals surface area (Å²) in [5.41, 5.74) is 12.2. The first kappa shape index (κ1) is 39.6. The molecule has 5 aromatic rings. The minimum absolute atomic E-state index is 0.116. The number of halogens is 4. The number of hydrogen-bond donors (Lipinski definition) is 0. The molecule has 0 aliphatic rings. The molecule has 0 atom stereocenters. The van der Waals surface area contributed by atoms with E-state index in [0.29, 0.717) is 11.1 Å². The molecule has 0 fully saturated rings. The number of rotatable bonds is 0. The molecule has 0 N–H and O–H groups in total. The van der Waals surface area contributed by atoms with E-state index in [0.717, 1.165) is 32.3 Å². The minimum Gasteiger partial charge on any atom is -0.207 e. The standard InChI is InChI=1S/C9H12.C8H8Cl2.2C8H9F.C8H10/c1-7-4-5-8(2)9(3)6-7;1-5-3-7(9)6(2)8(10)4-5;2*1-6-3-4-7(2)8(9)5-6;1-7-3-5-8(2)6-4-7/h4-6H,1-3H3;3-4H,1-2H3;2*3-5H,1-2H3;3-6H,1-2H3. The summed E-state index contributed by atoms with van der Waals surface area (Å²) in [6.07, 6.45) is 0. The van der Waals surface area contributed by atoms with Crippen LogP contribution in [0.2, 0.25) is 10.0 Å².